The van der Waals surface area contributed by atoms with Crippen LogP contribution in [0.2, 0.25) is 0 Å². The molecule has 0 aliphatic rings. The van der Waals surface area contributed by atoms with Gasteiger partial charge in [-0.2, -0.15) is 5.10 Å². The Hall–Kier alpha value is -2.63. The second kappa shape index (κ2) is 3.75. The molecule has 0 aliphatic heterocycles. The molecule has 3 aromatic rings. The smallest absolute Gasteiger partial charge is 0.291 e. The third-order valence-electron chi connectivity index (χ3n) is 2.41. The number of carbonyl (C=O) groups excluding carboxylic acids is 1. The van der Waals surface area contributed by atoms with Crippen molar-refractivity contribution in [3.63, 3.8) is 0 Å². The summed E-state index contributed by atoms with van der Waals surface area (Å²) < 4.78 is 0. The first-order valence-electron chi connectivity index (χ1n) is 5.07. The molecule has 2 heterocycles. The summed E-state index contributed by atoms with van der Waals surface area (Å²) in [5, 5.41) is 10.5. The SMILES string of the molecule is O=C(Nc1ccc2[nH]ncc2c1)c1ncc[nH]1. The van der Waals surface area contributed by atoms with E-state index in [9.17, 15) is 4.79 Å². The van der Waals surface area contributed by atoms with E-state index in [2.05, 4.69) is 25.5 Å². The third kappa shape index (κ3) is 1.76. The van der Waals surface area contributed by atoms with Crippen LogP contribution in [-0.4, -0.2) is 26.1 Å². The number of anilines is 1. The molecule has 2 aromatic heterocycles. The Labute approximate surface area is 96.1 Å². The summed E-state index contributed by atoms with van der Waals surface area (Å²) in [6.45, 7) is 0. The van der Waals surface area contributed by atoms with Gasteiger partial charge in [-0.1, -0.05) is 0 Å². The van der Waals surface area contributed by atoms with Crippen LogP contribution in [0.3, 0.4) is 0 Å². The van der Waals surface area contributed by atoms with Gasteiger partial charge in [-0.15, -0.1) is 0 Å². The largest absolute Gasteiger partial charge is 0.341 e. The van der Waals surface area contributed by atoms with Crippen LogP contribution in [0.25, 0.3) is 10.9 Å². The average molecular weight is 227 g/mol. The van der Waals surface area contributed by atoms with Gasteiger partial charge in [0.15, 0.2) is 5.82 Å². The molecule has 1 amide bonds. The molecule has 3 N–H and O–H groups in total. The van der Waals surface area contributed by atoms with Gasteiger partial charge in [0.25, 0.3) is 5.91 Å². The second-order valence-electron chi connectivity index (χ2n) is 3.56. The number of aromatic nitrogens is 4. The zero-order valence-corrected chi connectivity index (χ0v) is 8.77. The number of benzene rings is 1. The highest BCUT2D eigenvalue weighted by Gasteiger charge is 2.08. The van der Waals surface area contributed by atoms with Crippen LogP contribution >= 0.6 is 0 Å². The van der Waals surface area contributed by atoms with Crippen LogP contribution in [0.15, 0.2) is 36.8 Å². The van der Waals surface area contributed by atoms with E-state index in [0.717, 1.165) is 10.9 Å². The minimum absolute atomic E-state index is 0.266. The lowest BCUT2D eigenvalue weighted by Gasteiger charge is -2.02. The molecule has 84 valence electrons. The highest BCUT2D eigenvalue weighted by molar-refractivity contribution is 6.02. The van der Waals surface area contributed by atoms with Crippen molar-refractivity contribution >= 4 is 22.5 Å². The highest BCUT2D eigenvalue weighted by atomic mass is 16.2. The Morgan fingerprint density at radius 1 is 1.35 bits per heavy atom. The van der Waals surface area contributed by atoms with E-state index in [1.165, 1.54) is 6.20 Å². The second-order valence-corrected chi connectivity index (χ2v) is 3.56. The van der Waals surface area contributed by atoms with E-state index >= 15 is 0 Å². The standard InChI is InChI=1S/C11H9N5O/c17-11(10-12-3-4-13-10)15-8-1-2-9-7(5-8)6-14-16-9/h1-6H,(H,12,13)(H,14,16)(H,15,17). The molecular formula is C11H9N5O. The zero-order chi connectivity index (χ0) is 11.7. The van der Waals surface area contributed by atoms with Gasteiger partial charge in [0.05, 0.1) is 11.7 Å². The molecule has 17 heavy (non-hydrogen) atoms. The lowest BCUT2D eigenvalue weighted by Crippen LogP contribution is -2.13. The Bertz CT molecular complexity index is 655. The van der Waals surface area contributed by atoms with Crippen molar-refractivity contribution < 1.29 is 4.79 Å². The first-order valence-corrected chi connectivity index (χ1v) is 5.07. The Morgan fingerprint density at radius 3 is 3.12 bits per heavy atom. The molecule has 6 nitrogen and oxygen atoms in total. The Balaban J connectivity index is 1.87. The number of carbonyl (C=O) groups is 1. The molecule has 0 saturated carbocycles. The number of aromatic amines is 2. The zero-order valence-electron chi connectivity index (χ0n) is 8.77. The predicted molar refractivity (Wildman–Crippen MR) is 62.6 cm³/mol. The van der Waals surface area contributed by atoms with Crippen LogP contribution in [0.1, 0.15) is 10.6 Å². The number of rotatable bonds is 2. The van der Waals surface area contributed by atoms with E-state index in [-0.39, 0.29) is 11.7 Å². The van der Waals surface area contributed by atoms with E-state index in [4.69, 9.17) is 0 Å². The van der Waals surface area contributed by atoms with Gasteiger partial charge in [0.1, 0.15) is 0 Å². The van der Waals surface area contributed by atoms with Gasteiger partial charge in [-0.3, -0.25) is 9.89 Å². The molecule has 0 spiro atoms. The van der Waals surface area contributed by atoms with Gasteiger partial charge < -0.3 is 10.3 Å². The van der Waals surface area contributed by atoms with Crippen LogP contribution in [0.4, 0.5) is 5.69 Å². The first kappa shape index (κ1) is 9.59. The van der Waals surface area contributed by atoms with Gasteiger partial charge in [0.2, 0.25) is 0 Å². The van der Waals surface area contributed by atoms with E-state index in [1.807, 2.05) is 12.1 Å². The lowest BCUT2D eigenvalue weighted by atomic mass is 10.2. The maximum absolute atomic E-state index is 11.7. The number of imidazole rings is 1. The van der Waals surface area contributed by atoms with Crippen molar-refractivity contribution in [2.45, 2.75) is 0 Å². The molecule has 0 unspecified atom stereocenters. The topological polar surface area (TPSA) is 86.5 Å². The number of hydrogen-bond acceptors (Lipinski definition) is 3. The molecule has 0 radical (unpaired) electrons. The quantitative estimate of drug-likeness (QED) is 0.620. The summed E-state index contributed by atoms with van der Waals surface area (Å²) in [6, 6.07) is 5.51. The number of hydrogen-bond donors (Lipinski definition) is 3. The molecule has 0 aliphatic carbocycles. The molecule has 0 bridgehead atoms. The lowest BCUT2D eigenvalue weighted by molar-refractivity contribution is 0.101. The molecule has 3 rings (SSSR count). The summed E-state index contributed by atoms with van der Waals surface area (Å²) in [5.41, 5.74) is 1.64. The molecular weight excluding hydrogens is 218 g/mol. The van der Waals surface area contributed by atoms with Gasteiger partial charge in [-0.05, 0) is 18.2 Å². The van der Waals surface area contributed by atoms with Crippen LogP contribution in [0, 0.1) is 0 Å². The number of fused-ring (bicyclic) bond motifs is 1. The van der Waals surface area contributed by atoms with Gasteiger partial charge in [0, 0.05) is 23.5 Å². The summed E-state index contributed by atoms with van der Waals surface area (Å²) in [7, 11) is 0. The number of nitrogens with one attached hydrogen (secondary N) is 3. The molecule has 1 aromatic carbocycles. The summed E-state index contributed by atoms with van der Waals surface area (Å²) in [4.78, 5) is 18.3. The normalized spacial score (nSPS) is 10.6. The summed E-state index contributed by atoms with van der Waals surface area (Å²) in [6.07, 6.45) is 4.85. The summed E-state index contributed by atoms with van der Waals surface area (Å²) in [5.74, 6) is 0.0233. The molecule has 0 fully saturated rings. The number of H-pyrrole nitrogens is 2. The monoisotopic (exact) mass is 227 g/mol. The molecule has 6 heteroatoms. The Morgan fingerprint density at radius 2 is 2.29 bits per heavy atom. The maximum atomic E-state index is 11.7. The van der Waals surface area contributed by atoms with E-state index < -0.39 is 0 Å². The molecule has 0 saturated heterocycles. The van der Waals surface area contributed by atoms with Crippen LogP contribution in [0.5, 0.6) is 0 Å². The minimum Gasteiger partial charge on any atom is -0.341 e. The van der Waals surface area contributed by atoms with Crippen LogP contribution in [-0.2, 0) is 0 Å². The Kier molecular flexibility index (Phi) is 2.11. The van der Waals surface area contributed by atoms with Gasteiger partial charge in [-0.25, -0.2) is 4.98 Å². The van der Waals surface area contributed by atoms with Crippen LogP contribution < -0.4 is 5.32 Å². The minimum atomic E-state index is -0.266. The van der Waals surface area contributed by atoms with Crippen molar-refractivity contribution in [1.82, 2.24) is 20.2 Å². The summed E-state index contributed by atoms with van der Waals surface area (Å²) >= 11 is 0. The fourth-order valence-electron chi connectivity index (χ4n) is 1.60. The van der Waals surface area contributed by atoms with Crippen molar-refractivity contribution in [3.05, 3.63) is 42.6 Å². The molecule has 0 atom stereocenters. The number of nitrogens with zero attached hydrogens (tertiary/aromatic N) is 2. The average Bonchev–Trinajstić information content (AvgIpc) is 2.99. The number of amides is 1. The third-order valence-corrected chi connectivity index (χ3v) is 2.41. The van der Waals surface area contributed by atoms with Crippen molar-refractivity contribution in [2.75, 3.05) is 5.32 Å². The first-order chi connectivity index (χ1) is 8.33. The van der Waals surface area contributed by atoms with Crippen molar-refractivity contribution in [3.8, 4) is 0 Å². The fraction of sp³-hybridized carbons (Fsp3) is 0. The maximum Gasteiger partial charge on any atom is 0.291 e. The van der Waals surface area contributed by atoms with Gasteiger partial charge >= 0.3 is 0 Å². The van der Waals surface area contributed by atoms with E-state index in [1.54, 1.807) is 18.5 Å². The highest BCUT2D eigenvalue weighted by Crippen LogP contribution is 2.16. The van der Waals surface area contributed by atoms with Crippen molar-refractivity contribution in [2.24, 2.45) is 0 Å². The fourth-order valence-corrected chi connectivity index (χ4v) is 1.60. The van der Waals surface area contributed by atoms with Crippen molar-refractivity contribution in [1.29, 1.82) is 0 Å². The van der Waals surface area contributed by atoms with E-state index in [0.29, 0.717) is 5.69 Å². The predicted octanol–water partition coefficient (Wildman–Crippen LogP) is 1.54.